The molecule has 0 N–H and O–H groups in total. The van der Waals surface area contributed by atoms with Crippen molar-refractivity contribution in [1.29, 1.82) is 0 Å². The fraction of sp³-hybridized carbons (Fsp3) is 0.667. The molecule has 20 heavy (non-hydrogen) atoms. The quantitative estimate of drug-likeness (QED) is 0.789. The molecule has 1 aromatic rings. The lowest BCUT2D eigenvalue weighted by molar-refractivity contribution is -0.148. The number of carbonyl (C=O) groups excluding carboxylic acids is 1. The van der Waals surface area contributed by atoms with Crippen molar-refractivity contribution in [3.05, 3.63) is 17.6 Å². The Morgan fingerprint density at radius 2 is 2.25 bits per heavy atom. The summed E-state index contributed by atoms with van der Waals surface area (Å²) in [7, 11) is 0. The monoisotopic (exact) mass is 277 g/mol. The van der Waals surface area contributed by atoms with Crippen LogP contribution in [0.5, 0.6) is 0 Å². The minimum atomic E-state index is -0.0845. The fourth-order valence-electron chi connectivity index (χ4n) is 2.57. The van der Waals surface area contributed by atoms with Gasteiger partial charge in [-0.1, -0.05) is 6.92 Å². The van der Waals surface area contributed by atoms with Gasteiger partial charge in [-0.2, -0.15) is 0 Å². The smallest absolute Gasteiger partial charge is 0.310 e. The molecule has 0 bridgehead atoms. The molecule has 2 rings (SSSR count). The number of hydrogen-bond donors (Lipinski definition) is 0. The first-order chi connectivity index (χ1) is 9.63. The van der Waals surface area contributed by atoms with E-state index >= 15 is 0 Å². The van der Waals surface area contributed by atoms with Crippen LogP contribution in [0.4, 0.5) is 5.82 Å². The number of anilines is 1. The van der Waals surface area contributed by atoms with E-state index in [2.05, 4.69) is 21.8 Å². The molecule has 1 aliphatic heterocycles. The Labute approximate surface area is 120 Å². The average Bonchev–Trinajstić information content (AvgIpc) is 2.47. The normalized spacial score (nSPS) is 18.9. The summed E-state index contributed by atoms with van der Waals surface area (Å²) in [5, 5.41) is 0. The Kier molecular flexibility index (Phi) is 4.93. The minimum absolute atomic E-state index is 0.0379. The molecule has 5 heteroatoms. The average molecular weight is 277 g/mol. The maximum absolute atomic E-state index is 11.9. The summed E-state index contributed by atoms with van der Waals surface area (Å²) in [6, 6.07) is 1.99. The van der Waals surface area contributed by atoms with Gasteiger partial charge >= 0.3 is 5.97 Å². The second-order valence-electron chi connectivity index (χ2n) is 5.17. The largest absolute Gasteiger partial charge is 0.466 e. The third kappa shape index (κ3) is 3.46. The van der Waals surface area contributed by atoms with Gasteiger partial charge in [-0.05, 0) is 26.7 Å². The van der Waals surface area contributed by atoms with Gasteiger partial charge < -0.3 is 9.64 Å². The van der Waals surface area contributed by atoms with Gasteiger partial charge in [-0.15, -0.1) is 0 Å². The van der Waals surface area contributed by atoms with E-state index in [0.717, 1.165) is 43.1 Å². The van der Waals surface area contributed by atoms with Crippen LogP contribution in [0, 0.1) is 12.8 Å². The van der Waals surface area contributed by atoms with Crippen LogP contribution in [0.3, 0.4) is 0 Å². The second kappa shape index (κ2) is 6.68. The summed E-state index contributed by atoms with van der Waals surface area (Å²) < 4.78 is 5.14. The number of carbonyl (C=O) groups is 1. The molecular weight excluding hydrogens is 254 g/mol. The summed E-state index contributed by atoms with van der Waals surface area (Å²) in [5.41, 5.74) is 0.977. The van der Waals surface area contributed by atoms with Crippen molar-refractivity contribution in [3.8, 4) is 0 Å². The van der Waals surface area contributed by atoms with E-state index in [0.29, 0.717) is 13.2 Å². The Balaban J connectivity index is 2.12. The van der Waals surface area contributed by atoms with Crippen molar-refractivity contribution in [2.75, 3.05) is 24.6 Å². The second-order valence-corrected chi connectivity index (χ2v) is 5.17. The lowest BCUT2D eigenvalue weighted by Crippen LogP contribution is -2.40. The van der Waals surface area contributed by atoms with Crippen molar-refractivity contribution in [2.24, 2.45) is 5.92 Å². The van der Waals surface area contributed by atoms with Crippen LogP contribution in [0.25, 0.3) is 0 Å². The van der Waals surface area contributed by atoms with Crippen molar-refractivity contribution in [2.45, 2.75) is 40.0 Å². The highest BCUT2D eigenvalue weighted by molar-refractivity contribution is 5.73. The summed E-state index contributed by atoms with van der Waals surface area (Å²) in [6.07, 6.45) is 2.72. The molecule has 0 saturated carbocycles. The summed E-state index contributed by atoms with van der Waals surface area (Å²) in [4.78, 5) is 23.0. The number of nitrogens with zero attached hydrogens (tertiary/aromatic N) is 3. The molecule has 0 aromatic carbocycles. The van der Waals surface area contributed by atoms with Gasteiger partial charge in [0.1, 0.15) is 11.6 Å². The molecule has 1 aromatic heterocycles. The molecule has 1 fully saturated rings. The maximum Gasteiger partial charge on any atom is 0.310 e. The highest BCUT2D eigenvalue weighted by Gasteiger charge is 2.27. The van der Waals surface area contributed by atoms with Gasteiger partial charge in [0.05, 0.1) is 12.5 Å². The van der Waals surface area contributed by atoms with E-state index in [1.807, 2.05) is 19.9 Å². The number of hydrogen-bond acceptors (Lipinski definition) is 5. The van der Waals surface area contributed by atoms with E-state index in [-0.39, 0.29) is 11.9 Å². The molecule has 2 heterocycles. The van der Waals surface area contributed by atoms with Crippen LogP contribution >= 0.6 is 0 Å². The van der Waals surface area contributed by atoms with Crippen LogP contribution in [0.1, 0.15) is 38.2 Å². The van der Waals surface area contributed by atoms with Crippen LogP contribution in [0.2, 0.25) is 0 Å². The Morgan fingerprint density at radius 3 is 2.95 bits per heavy atom. The van der Waals surface area contributed by atoms with Crippen molar-refractivity contribution >= 4 is 11.8 Å². The zero-order valence-electron chi connectivity index (χ0n) is 12.6. The van der Waals surface area contributed by atoms with Gasteiger partial charge in [0.25, 0.3) is 0 Å². The fourth-order valence-corrected chi connectivity index (χ4v) is 2.57. The van der Waals surface area contributed by atoms with Crippen molar-refractivity contribution < 1.29 is 9.53 Å². The first-order valence-corrected chi connectivity index (χ1v) is 7.40. The first-order valence-electron chi connectivity index (χ1n) is 7.40. The van der Waals surface area contributed by atoms with Gasteiger partial charge in [0.2, 0.25) is 0 Å². The number of piperidine rings is 1. The number of ether oxygens (including phenoxy) is 1. The van der Waals surface area contributed by atoms with Crippen molar-refractivity contribution in [1.82, 2.24) is 9.97 Å². The predicted octanol–water partition coefficient (Wildman–Crippen LogP) is 2.13. The molecule has 5 nitrogen and oxygen atoms in total. The molecule has 110 valence electrons. The van der Waals surface area contributed by atoms with Gasteiger partial charge in [-0.3, -0.25) is 4.79 Å². The maximum atomic E-state index is 11.9. The Morgan fingerprint density at radius 1 is 1.45 bits per heavy atom. The lowest BCUT2D eigenvalue weighted by atomic mass is 9.98. The molecule has 1 atom stereocenters. The lowest BCUT2D eigenvalue weighted by Gasteiger charge is -2.32. The topological polar surface area (TPSA) is 55.3 Å². The molecule has 1 unspecified atom stereocenters. The van der Waals surface area contributed by atoms with E-state index in [9.17, 15) is 4.79 Å². The molecule has 1 saturated heterocycles. The Bertz CT molecular complexity index is 476. The summed E-state index contributed by atoms with van der Waals surface area (Å²) >= 11 is 0. The van der Waals surface area contributed by atoms with Gasteiger partial charge in [0, 0.05) is 31.3 Å². The van der Waals surface area contributed by atoms with Gasteiger partial charge in [-0.25, -0.2) is 9.97 Å². The molecular formula is C15H23N3O2. The van der Waals surface area contributed by atoms with Crippen LogP contribution in [-0.2, 0) is 16.0 Å². The van der Waals surface area contributed by atoms with Crippen LogP contribution < -0.4 is 4.90 Å². The van der Waals surface area contributed by atoms with Crippen LogP contribution in [-0.4, -0.2) is 35.6 Å². The standard InChI is InChI=1S/C15H23N3O2/c1-4-13-16-11(3)9-14(17-13)18-8-6-7-12(10-18)15(19)20-5-2/h9,12H,4-8,10H2,1-3H3. The Hall–Kier alpha value is -1.65. The number of aromatic nitrogens is 2. The zero-order valence-corrected chi connectivity index (χ0v) is 12.6. The molecule has 0 radical (unpaired) electrons. The first kappa shape index (κ1) is 14.8. The van der Waals surface area contributed by atoms with Crippen molar-refractivity contribution in [3.63, 3.8) is 0 Å². The highest BCUT2D eigenvalue weighted by Crippen LogP contribution is 2.23. The minimum Gasteiger partial charge on any atom is -0.466 e. The number of aryl methyl sites for hydroxylation is 2. The van der Waals surface area contributed by atoms with E-state index < -0.39 is 0 Å². The van der Waals surface area contributed by atoms with Gasteiger partial charge in [0.15, 0.2) is 0 Å². The molecule has 1 aliphatic rings. The molecule has 0 aliphatic carbocycles. The number of esters is 1. The van der Waals surface area contributed by atoms with Crippen LogP contribution in [0.15, 0.2) is 6.07 Å². The van der Waals surface area contributed by atoms with E-state index in [1.165, 1.54) is 0 Å². The summed E-state index contributed by atoms with van der Waals surface area (Å²) in [5.74, 6) is 1.67. The highest BCUT2D eigenvalue weighted by atomic mass is 16.5. The summed E-state index contributed by atoms with van der Waals surface area (Å²) in [6.45, 7) is 7.96. The third-order valence-electron chi connectivity index (χ3n) is 3.57. The molecule has 0 spiro atoms. The number of rotatable bonds is 4. The predicted molar refractivity (Wildman–Crippen MR) is 77.7 cm³/mol. The van der Waals surface area contributed by atoms with E-state index in [1.54, 1.807) is 0 Å². The SMILES string of the molecule is CCOC(=O)C1CCCN(c2cc(C)nc(CC)n2)C1. The molecule has 0 amide bonds. The van der Waals surface area contributed by atoms with E-state index in [4.69, 9.17) is 4.74 Å². The third-order valence-corrected chi connectivity index (χ3v) is 3.57. The zero-order chi connectivity index (χ0) is 14.5.